The van der Waals surface area contributed by atoms with Gasteiger partial charge in [-0.05, 0) is 148 Å². The minimum atomic E-state index is -0.722. The van der Waals surface area contributed by atoms with E-state index in [9.17, 15) is 0 Å². The van der Waals surface area contributed by atoms with Crippen molar-refractivity contribution in [3.05, 3.63) is 485 Å². The third-order valence-electron chi connectivity index (χ3n) is 18.2. The molecule has 0 aromatic heterocycles. The Kier molecular flexibility index (Phi) is 40.0. The third-order valence-corrected chi connectivity index (χ3v) is 42.0. The van der Waals surface area contributed by atoms with Crippen LogP contribution in [0.3, 0.4) is 0 Å². The smallest absolute Gasteiger partial charge is 0.00405 e. The van der Waals surface area contributed by atoms with Gasteiger partial charge in [0.25, 0.3) is 0 Å². The van der Waals surface area contributed by atoms with E-state index in [1.165, 1.54) is 108 Å². The van der Waals surface area contributed by atoms with Gasteiger partial charge in [0.15, 0.2) is 0 Å². The molecule has 0 nitrogen and oxygen atoms in total. The second-order valence-electron chi connectivity index (χ2n) is 25.5. The quantitative estimate of drug-likeness (QED) is 0.0529. The monoisotopic (exact) mass is 2050 g/mol. The van der Waals surface area contributed by atoms with Crippen molar-refractivity contribution in [3.63, 3.8) is 0 Å². The Labute approximate surface area is 719 Å². The molecule has 0 saturated heterocycles. The Balaban J connectivity index is 0.000000146. The molecule has 16 aromatic carbocycles. The molecule has 0 aliphatic heterocycles. The summed E-state index contributed by atoms with van der Waals surface area (Å²) >= 11 is -1.44. The minimum absolute atomic E-state index is 0.409. The first-order chi connectivity index (χ1) is 56.5. The maximum atomic E-state index is 4.92. The number of benzene rings is 16. The summed E-state index contributed by atoms with van der Waals surface area (Å²) < 4.78 is 0. The summed E-state index contributed by atoms with van der Waals surface area (Å²) in [4.78, 5) is 0. The summed E-state index contributed by atoms with van der Waals surface area (Å²) in [5.74, 6) is 4.69. The van der Waals surface area contributed by atoms with Crippen LogP contribution in [0.25, 0.3) is 0 Å². The van der Waals surface area contributed by atoms with E-state index in [0.29, 0.717) is 0 Å². The van der Waals surface area contributed by atoms with Crippen LogP contribution in [0.15, 0.2) is 485 Å². The molecule has 0 fully saturated rings. The molecule has 114 heavy (non-hydrogen) atoms. The first-order valence-electron chi connectivity index (χ1n) is 37.2. The first-order valence-corrected chi connectivity index (χ1v) is 62.9. The molecule has 0 unspecified atom stereocenters. The Morgan fingerprint density at radius 3 is 0.219 bits per heavy atom. The second-order valence-corrected chi connectivity index (χ2v) is 53.0. The molecule has 0 heterocycles. The topological polar surface area (TPSA) is 0 Å². The predicted molar refractivity (Wildman–Crippen MR) is 515 cm³/mol. The van der Waals surface area contributed by atoms with E-state index < -0.39 is 95.3 Å². The normalized spacial score (nSPS) is 10.8. The van der Waals surface area contributed by atoms with E-state index in [1.807, 2.05) is 0 Å². The van der Waals surface area contributed by atoms with Crippen molar-refractivity contribution in [2.45, 2.75) is 0 Å². The summed E-state index contributed by atoms with van der Waals surface area (Å²) in [6.07, 6.45) is 0. The molecule has 570 valence electrons. The third kappa shape index (κ3) is 28.3. The van der Waals surface area contributed by atoms with Gasteiger partial charge in [-0.1, -0.05) is 485 Å². The largest absolute Gasteiger partial charge is 0.0622 e. The summed E-state index contributed by atoms with van der Waals surface area (Å²) in [5, 5.41) is 23.3. The fourth-order valence-corrected chi connectivity index (χ4v) is 38.7. The fraction of sp³-hybridized carbons (Fsp3) is 0.0400. The van der Waals surface area contributed by atoms with Gasteiger partial charge in [0.05, 0.1) is 0 Å². The maximum absolute atomic E-state index is 4.92. The van der Waals surface area contributed by atoms with E-state index in [4.69, 9.17) is 38.1 Å². The molecule has 0 bridgehead atoms. The van der Waals surface area contributed by atoms with E-state index in [2.05, 4.69) is 485 Å². The molecule has 0 amide bonds. The fourth-order valence-electron chi connectivity index (χ4n) is 12.8. The maximum Gasteiger partial charge on any atom is 0.00405 e. The van der Waals surface area contributed by atoms with Gasteiger partial charge in [-0.3, -0.25) is 0 Å². The van der Waals surface area contributed by atoms with Crippen LogP contribution in [-0.4, -0.2) is 23.6 Å². The molecule has 0 saturated carbocycles. The Morgan fingerprint density at radius 2 is 0.167 bits per heavy atom. The van der Waals surface area contributed by atoms with Crippen LogP contribution >= 0.6 is 101 Å². The predicted octanol–water partition coefficient (Wildman–Crippen LogP) is 23.6. The average molecular weight is 2050 g/mol. The summed E-state index contributed by atoms with van der Waals surface area (Å²) in [6, 6.07) is 177. The van der Waals surface area contributed by atoms with Crippen molar-refractivity contribution >= 4 is 186 Å². The Bertz CT molecular complexity index is 3850. The zero-order valence-electron chi connectivity index (χ0n) is 62.9. The van der Waals surface area contributed by atoms with E-state index >= 15 is 0 Å². The van der Waals surface area contributed by atoms with Crippen LogP contribution in [0.4, 0.5) is 0 Å². The van der Waals surface area contributed by atoms with Crippen LogP contribution in [0, 0.1) is 0 Å². The van der Waals surface area contributed by atoms with E-state index in [-0.39, 0.29) is 0 Å². The van der Waals surface area contributed by atoms with Crippen LogP contribution in [0.5, 0.6) is 0 Å². The van der Waals surface area contributed by atoms with E-state index in [0.717, 1.165) is 0 Å². The standard InChI is InChI=1S/4C25H22P2.4ClH.2Re/c4*1-5-13-22(14-6-1)26(23-15-7-2-8-16-23)21-27(24-17-9-3-10-18-24)25-19-11-4-12-20-25;;;;;;/h4*1-20H,21H2;4*1H;;/q;;;;;;;;2*+2/p-4. The summed E-state index contributed by atoms with van der Waals surface area (Å²) in [7, 11) is 16.4. The van der Waals surface area contributed by atoms with Gasteiger partial charge in [-0.15, -0.1) is 0 Å². The van der Waals surface area contributed by atoms with Gasteiger partial charge < -0.3 is 0 Å². The van der Waals surface area contributed by atoms with Crippen molar-refractivity contribution in [1.82, 2.24) is 0 Å². The average Bonchev–Trinajstić information content (AvgIpc) is 0.829. The van der Waals surface area contributed by atoms with E-state index in [1.54, 1.807) is 0 Å². The number of rotatable bonds is 24. The zero-order chi connectivity index (χ0) is 78.7. The van der Waals surface area contributed by atoms with Crippen LogP contribution in [-0.2, 0) is 31.9 Å². The van der Waals surface area contributed by atoms with Crippen molar-refractivity contribution in [1.29, 1.82) is 0 Å². The van der Waals surface area contributed by atoms with Gasteiger partial charge in [-0.2, -0.15) is 0 Å². The molecule has 0 aliphatic rings. The number of halogens is 4. The number of hydrogen-bond donors (Lipinski definition) is 0. The molecule has 16 rings (SSSR count). The molecular weight excluding hydrogens is 1960 g/mol. The number of hydrogen-bond acceptors (Lipinski definition) is 0. The van der Waals surface area contributed by atoms with Crippen molar-refractivity contribution < 1.29 is 31.9 Å². The Hall–Kier alpha value is -6.56. The van der Waals surface area contributed by atoms with Gasteiger partial charge in [-0.25, -0.2) is 0 Å². The zero-order valence-corrected chi connectivity index (χ0v) is 78.5. The van der Waals surface area contributed by atoms with Gasteiger partial charge in [0.2, 0.25) is 0 Å². The molecule has 0 radical (unpaired) electrons. The summed E-state index contributed by atoms with van der Waals surface area (Å²) in [5.41, 5.74) is 0. The molecule has 0 spiro atoms. The van der Waals surface area contributed by atoms with Gasteiger partial charge in [0, 0.05) is 23.6 Å². The van der Waals surface area contributed by atoms with Gasteiger partial charge >= 0.3 is 70.0 Å². The molecule has 14 heteroatoms. The van der Waals surface area contributed by atoms with Crippen LogP contribution < -0.4 is 84.9 Å². The Morgan fingerprint density at radius 1 is 0.114 bits per heavy atom. The molecule has 16 aromatic rings. The second kappa shape index (κ2) is 51.6. The molecule has 0 aliphatic carbocycles. The SMILES string of the molecule is [Cl][Re][Cl].[Cl][Re][Cl].c1ccc(P(CP(c2ccccc2)c2ccccc2)c2ccccc2)cc1.c1ccc(P(CP(c2ccccc2)c2ccccc2)c2ccccc2)cc1.c1ccc(P(CP(c2ccccc2)c2ccccc2)c2ccccc2)cc1.c1ccc(P(CP(c2ccccc2)c2ccccc2)c2ccccc2)cc1. The summed E-state index contributed by atoms with van der Waals surface area (Å²) in [6.45, 7) is 0. The van der Waals surface area contributed by atoms with Gasteiger partial charge in [0.1, 0.15) is 0 Å². The van der Waals surface area contributed by atoms with Crippen molar-refractivity contribution in [2.24, 2.45) is 0 Å². The van der Waals surface area contributed by atoms with Crippen LogP contribution in [0.2, 0.25) is 0 Å². The van der Waals surface area contributed by atoms with Crippen molar-refractivity contribution in [2.75, 3.05) is 23.6 Å². The minimum Gasteiger partial charge on any atom is -0.0622 e. The molecular formula is C100H88Cl4P8Re2. The molecule has 0 N–H and O–H groups in total. The first kappa shape index (κ1) is 88.3. The molecule has 0 atom stereocenters. The van der Waals surface area contributed by atoms with Crippen LogP contribution in [0.1, 0.15) is 0 Å². The van der Waals surface area contributed by atoms with Crippen molar-refractivity contribution in [3.8, 4) is 0 Å².